The first-order valence-corrected chi connectivity index (χ1v) is 8.20. The van der Waals surface area contributed by atoms with E-state index >= 15 is 0 Å². The zero-order valence-electron chi connectivity index (χ0n) is 14.2. The van der Waals surface area contributed by atoms with Crippen molar-refractivity contribution in [3.63, 3.8) is 0 Å². The van der Waals surface area contributed by atoms with Crippen LogP contribution in [0, 0.1) is 5.92 Å². The molecule has 1 fully saturated rings. The molecule has 5 heteroatoms. The van der Waals surface area contributed by atoms with Crippen LogP contribution in [-0.4, -0.2) is 43.0 Å². The van der Waals surface area contributed by atoms with E-state index in [-0.39, 0.29) is 23.8 Å². The highest BCUT2D eigenvalue weighted by molar-refractivity contribution is 5.94. The summed E-state index contributed by atoms with van der Waals surface area (Å²) in [5.41, 5.74) is 1.66. The standard InChI is InChI=1S/C18H26N2O3/c1-13(2)20(3)18(22)16-6-4-14(5-7-16)12-19-17(21)15-8-10-23-11-9-15/h4-7,13,15H,8-12H2,1-3H3,(H,19,21). The molecule has 0 atom stereocenters. The van der Waals surface area contributed by atoms with Gasteiger partial charge >= 0.3 is 0 Å². The minimum absolute atomic E-state index is 0.0118. The summed E-state index contributed by atoms with van der Waals surface area (Å²) in [6, 6.07) is 7.59. The lowest BCUT2D eigenvalue weighted by molar-refractivity contribution is -0.128. The molecular weight excluding hydrogens is 292 g/mol. The van der Waals surface area contributed by atoms with E-state index < -0.39 is 0 Å². The molecule has 1 heterocycles. The van der Waals surface area contributed by atoms with Crippen molar-refractivity contribution >= 4 is 11.8 Å². The Balaban J connectivity index is 1.87. The predicted molar refractivity (Wildman–Crippen MR) is 89.1 cm³/mol. The Morgan fingerprint density at radius 2 is 1.83 bits per heavy atom. The van der Waals surface area contributed by atoms with Crippen molar-refractivity contribution in [2.75, 3.05) is 20.3 Å². The molecule has 0 spiro atoms. The molecule has 5 nitrogen and oxygen atoms in total. The maximum atomic E-state index is 12.2. The second-order valence-electron chi connectivity index (χ2n) is 6.31. The van der Waals surface area contributed by atoms with E-state index in [2.05, 4.69) is 5.32 Å². The third kappa shape index (κ3) is 4.79. The zero-order valence-corrected chi connectivity index (χ0v) is 14.2. The predicted octanol–water partition coefficient (Wildman–Crippen LogP) is 2.21. The number of ether oxygens (including phenoxy) is 1. The van der Waals surface area contributed by atoms with Crippen LogP contribution in [0.1, 0.15) is 42.6 Å². The van der Waals surface area contributed by atoms with E-state index in [0.717, 1.165) is 18.4 Å². The molecule has 2 amide bonds. The van der Waals surface area contributed by atoms with Gasteiger partial charge in [0.05, 0.1) is 0 Å². The minimum Gasteiger partial charge on any atom is -0.381 e. The average molecular weight is 318 g/mol. The summed E-state index contributed by atoms with van der Waals surface area (Å²) in [5, 5.41) is 2.97. The molecule has 1 N–H and O–H groups in total. The van der Waals surface area contributed by atoms with E-state index in [4.69, 9.17) is 4.74 Å². The van der Waals surface area contributed by atoms with Gasteiger partial charge in [0.15, 0.2) is 0 Å². The van der Waals surface area contributed by atoms with E-state index in [0.29, 0.717) is 25.3 Å². The number of amides is 2. The topological polar surface area (TPSA) is 58.6 Å². The second kappa shape index (κ2) is 8.11. The molecule has 0 radical (unpaired) electrons. The first-order valence-electron chi connectivity index (χ1n) is 8.20. The largest absolute Gasteiger partial charge is 0.381 e. The van der Waals surface area contributed by atoms with Crippen molar-refractivity contribution in [1.82, 2.24) is 10.2 Å². The quantitative estimate of drug-likeness (QED) is 0.905. The van der Waals surface area contributed by atoms with Crippen LogP contribution in [-0.2, 0) is 16.1 Å². The lowest BCUT2D eigenvalue weighted by Crippen LogP contribution is -2.34. The first-order chi connectivity index (χ1) is 11.0. The molecule has 1 saturated heterocycles. The molecule has 1 aliphatic rings. The monoisotopic (exact) mass is 318 g/mol. The summed E-state index contributed by atoms with van der Waals surface area (Å²) in [7, 11) is 1.80. The zero-order chi connectivity index (χ0) is 16.8. The molecule has 1 aromatic rings. The van der Waals surface area contributed by atoms with Gasteiger partial charge in [0, 0.05) is 44.3 Å². The number of rotatable bonds is 5. The van der Waals surface area contributed by atoms with Crippen LogP contribution in [0.5, 0.6) is 0 Å². The Morgan fingerprint density at radius 3 is 2.39 bits per heavy atom. The molecule has 0 bridgehead atoms. The Kier molecular flexibility index (Phi) is 6.16. The maximum Gasteiger partial charge on any atom is 0.253 e. The van der Waals surface area contributed by atoms with Gasteiger partial charge in [-0.1, -0.05) is 12.1 Å². The van der Waals surface area contributed by atoms with Crippen molar-refractivity contribution in [2.45, 2.75) is 39.3 Å². The van der Waals surface area contributed by atoms with Crippen molar-refractivity contribution in [2.24, 2.45) is 5.92 Å². The fourth-order valence-electron chi connectivity index (χ4n) is 2.50. The summed E-state index contributed by atoms with van der Waals surface area (Å²) in [4.78, 5) is 26.0. The van der Waals surface area contributed by atoms with Crippen molar-refractivity contribution < 1.29 is 14.3 Å². The highest BCUT2D eigenvalue weighted by Gasteiger charge is 2.21. The van der Waals surface area contributed by atoms with Gasteiger partial charge in [-0.25, -0.2) is 0 Å². The van der Waals surface area contributed by atoms with E-state index in [9.17, 15) is 9.59 Å². The fraction of sp³-hybridized carbons (Fsp3) is 0.556. The number of hydrogen-bond acceptors (Lipinski definition) is 3. The third-order valence-corrected chi connectivity index (χ3v) is 4.35. The molecule has 0 saturated carbocycles. The van der Waals surface area contributed by atoms with Crippen molar-refractivity contribution in [1.29, 1.82) is 0 Å². The molecule has 1 aromatic carbocycles. The van der Waals surface area contributed by atoms with Gasteiger partial charge in [-0.05, 0) is 44.4 Å². The van der Waals surface area contributed by atoms with Crippen LogP contribution >= 0.6 is 0 Å². The summed E-state index contributed by atoms with van der Waals surface area (Å²) >= 11 is 0. The molecule has 0 aromatic heterocycles. The fourth-order valence-corrected chi connectivity index (χ4v) is 2.50. The van der Waals surface area contributed by atoms with E-state index in [1.165, 1.54) is 0 Å². The maximum absolute atomic E-state index is 12.2. The molecule has 2 rings (SSSR count). The van der Waals surface area contributed by atoms with Crippen LogP contribution in [0.25, 0.3) is 0 Å². The molecule has 23 heavy (non-hydrogen) atoms. The summed E-state index contributed by atoms with van der Waals surface area (Å²) in [5.74, 6) is 0.162. The lowest BCUT2D eigenvalue weighted by Gasteiger charge is -2.22. The van der Waals surface area contributed by atoms with Crippen LogP contribution in [0.4, 0.5) is 0 Å². The summed E-state index contributed by atoms with van der Waals surface area (Å²) in [6.45, 7) is 5.79. The van der Waals surface area contributed by atoms with Crippen LogP contribution < -0.4 is 5.32 Å². The summed E-state index contributed by atoms with van der Waals surface area (Å²) < 4.78 is 5.27. The van der Waals surface area contributed by atoms with E-state index in [1.807, 2.05) is 38.1 Å². The first kappa shape index (κ1) is 17.5. The third-order valence-electron chi connectivity index (χ3n) is 4.35. The SMILES string of the molecule is CC(C)N(C)C(=O)c1ccc(CNC(=O)C2CCOCC2)cc1. The van der Waals surface area contributed by atoms with Crippen molar-refractivity contribution in [3.8, 4) is 0 Å². The highest BCUT2D eigenvalue weighted by Crippen LogP contribution is 2.15. The smallest absolute Gasteiger partial charge is 0.253 e. The van der Waals surface area contributed by atoms with Crippen LogP contribution in [0.3, 0.4) is 0 Å². The van der Waals surface area contributed by atoms with Gasteiger partial charge in [-0.3, -0.25) is 9.59 Å². The van der Waals surface area contributed by atoms with Gasteiger partial charge in [-0.2, -0.15) is 0 Å². The normalized spacial score (nSPS) is 15.5. The van der Waals surface area contributed by atoms with Crippen LogP contribution in [0.2, 0.25) is 0 Å². The second-order valence-corrected chi connectivity index (χ2v) is 6.31. The molecule has 0 unspecified atom stereocenters. The Bertz CT molecular complexity index is 534. The van der Waals surface area contributed by atoms with Gasteiger partial charge in [-0.15, -0.1) is 0 Å². The number of carbonyl (C=O) groups is 2. The van der Waals surface area contributed by atoms with Gasteiger partial charge in [0.2, 0.25) is 5.91 Å². The Labute approximate surface area is 138 Å². The number of carbonyl (C=O) groups excluding carboxylic acids is 2. The molecular formula is C18H26N2O3. The van der Waals surface area contributed by atoms with E-state index in [1.54, 1.807) is 11.9 Å². The summed E-state index contributed by atoms with van der Waals surface area (Å²) in [6.07, 6.45) is 1.58. The average Bonchev–Trinajstić information content (AvgIpc) is 2.59. The minimum atomic E-state index is 0.0118. The number of benzene rings is 1. The number of hydrogen-bond donors (Lipinski definition) is 1. The highest BCUT2D eigenvalue weighted by atomic mass is 16.5. The van der Waals surface area contributed by atoms with Crippen LogP contribution in [0.15, 0.2) is 24.3 Å². The lowest BCUT2D eigenvalue weighted by atomic mass is 9.99. The van der Waals surface area contributed by atoms with Gasteiger partial charge in [0.1, 0.15) is 0 Å². The molecule has 1 aliphatic heterocycles. The molecule has 126 valence electrons. The Hall–Kier alpha value is -1.88. The number of nitrogens with one attached hydrogen (secondary N) is 1. The van der Waals surface area contributed by atoms with Gasteiger partial charge < -0.3 is 15.0 Å². The van der Waals surface area contributed by atoms with Crippen molar-refractivity contribution in [3.05, 3.63) is 35.4 Å². The van der Waals surface area contributed by atoms with Gasteiger partial charge in [0.25, 0.3) is 5.91 Å². The molecule has 0 aliphatic carbocycles. The number of nitrogens with zero attached hydrogens (tertiary/aromatic N) is 1. The Morgan fingerprint density at radius 1 is 1.22 bits per heavy atom.